The summed E-state index contributed by atoms with van der Waals surface area (Å²) in [5.41, 5.74) is 3.79. The van der Waals surface area contributed by atoms with Crippen LogP contribution in [0.15, 0.2) is 48.8 Å². The van der Waals surface area contributed by atoms with E-state index in [1.807, 2.05) is 55.9 Å². The predicted molar refractivity (Wildman–Crippen MR) is 108 cm³/mol. The van der Waals surface area contributed by atoms with Gasteiger partial charge in [-0.2, -0.15) is 0 Å². The number of ether oxygens (including phenoxy) is 3. The largest absolute Gasteiger partial charge is 0.438 e. The maximum Gasteiger partial charge on any atom is 0.324 e. The van der Waals surface area contributed by atoms with Gasteiger partial charge in [-0.1, -0.05) is 18.2 Å². The van der Waals surface area contributed by atoms with Crippen molar-refractivity contribution in [3.63, 3.8) is 0 Å². The number of rotatable bonds is 9. The quantitative estimate of drug-likeness (QED) is 0.517. The van der Waals surface area contributed by atoms with E-state index in [1.54, 1.807) is 19.2 Å². The Hall–Kier alpha value is -2.64. The first-order valence-electron chi connectivity index (χ1n) is 9.24. The Morgan fingerprint density at radius 2 is 1.89 bits per heavy atom. The van der Waals surface area contributed by atoms with Crippen molar-refractivity contribution in [2.45, 2.75) is 19.8 Å². The highest BCUT2D eigenvalue weighted by Crippen LogP contribution is 2.30. The number of alkyl halides is 1. The second kappa shape index (κ2) is 8.58. The van der Waals surface area contributed by atoms with Crippen LogP contribution in [0.4, 0.5) is 10.1 Å². The molecule has 1 aromatic carbocycles. The summed E-state index contributed by atoms with van der Waals surface area (Å²) in [6.45, 7) is 3.12. The maximum atomic E-state index is 12.5. The Morgan fingerprint density at radius 3 is 2.61 bits per heavy atom. The molecule has 0 aliphatic heterocycles. The third-order valence-electron chi connectivity index (χ3n) is 4.24. The molecule has 28 heavy (non-hydrogen) atoms. The van der Waals surface area contributed by atoms with Gasteiger partial charge in [-0.25, -0.2) is 9.37 Å². The Bertz CT molecular complexity index is 928. The molecular weight excluding hydrogens is 361 g/mol. The van der Waals surface area contributed by atoms with E-state index >= 15 is 0 Å². The zero-order valence-corrected chi connectivity index (χ0v) is 16.7. The fourth-order valence-electron chi connectivity index (χ4n) is 3.04. The fourth-order valence-corrected chi connectivity index (χ4v) is 3.04. The smallest absolute Gasteiger partial charge is 0.324 e. The number of hydrogen-bond acceptors (Lipinski definition) is 5. The van der Waals surface area contributed by atoms with E-state index in [4.69, 9.17) is 19.2 Å². The molecule has 1 unspecified atom stereocenters. The van der Waals surface area contributed by atoms with Gasteiger partial charge in [0.25, 0.3) is 0 Å². The number of para-hydroxylation sites is 1. The minimum atomic E-state index is -1.35. The minimum Gasteiger partial charge on any atom is -0.438 e. The lowest BCUT2D eigenvalue weighted by atomic mass is 10.1. The molecule has 0 aliphatic rings. The van der Waals surface area contributed by atoms with Crippen molar-refractivity contribution >= 4 is 11.3 Å². The van der Waals surface area contributed by atoms with Crippen molar-refractivity contribution in [2.24, 2.45) is 0 Å². The lowest BCUT2D eigenvalue weighted by Crippen LogP contribution is -2.39. The minimum absolute atomic E-state index is 0.102. The van der Waals surface area contributed by atoms with Gasteiger partial charge in [0.05, 0.1) is 25.1 Å². The molecule has 0 radical (unpaired) electrons. The van der Waals surface area contributed by atoms with Crippen LogP contribution in [0.5, 0.6) is 5.75 Å². The lowest BCUT2D eigenvalue weighted by Gasteiger charge is -2.29. The van der Waals surface area contributed by atoms with E-state index < -0.39 is 12.6 Å². The topological polar surface area (TPSA) is 48.2 Å². The first-order chi connectivity index (χ1) is 13.5. The second-order valence-corrected chi connectivity index (χ2v) is 6.60. The zero-order valence-electron chi connectivity index (χ0n) is 16.7. The molecule has 2 aromatic heterocycles. The molecular formula is C21H26FN3O3. The van der Waals surface area contributed by atoms with Gasteiger partial charge in [-0.05, 0) is 25.1 Å². The molecule has 3 rings (SSSR count). The standard InChI is InChI=1S/C21H26FN3O3/c1-5-26-21(2,27-13-12-22)28-16-10-11-20-23-18(15-25(20)14-16)17-8-6-7-9-19(17)24(3)4/h6-11,14-15H,5,12-13H2,1-4H3. The van der Waals surface area contributed by atoms with Gasteiger partial charge < -0.3 is 23.5 Å². The summed E-state index contributed by atoms with van der Waals surface area (Å²) >= 11 is 0. The van der Waals surface area contributed by atoms with Crippen LogP contribution < -0.4 is 9.64 Å². The maximum absolute atomic E-state index is 12.5. The normalized spacial score (nSPS) is 13.5. The van der Waals surface area contributed by atoms with Crippen molar-refractivity contribution in [1.82, 2.24) is 9.38 Å². The number of nitrogens with zero attached hydrogens (tertiary/aromatic N) is 3. The van der Waals surface area contributed by atoms with Gasteiger partial charge in [0.2, 0.25) is 0 Å². The van der Waals surface area contributed by atoms with Crippen LogP contribution in [0.2, 0.25) is 0 Å². The fraction of sp³-hybridized carbons (Fsp3) is 0.381. The van der Waals surface area contributed by atoms with Crippen LogP contribution in [0.3, 0.4) is 0 Å². The van der Waals surface area contributed by atoms with Crippen molar-refractivity contribution in [3.05, 3.63) is 48.8 Å². The molecule has 0 spiro atoms. The predicted octanol–water partition coefficient (Wildman–Crippen LogP) is 4.14. The van der Waals surface area contributed by atoms with Crippen LogP contribution >= 0.6 is 0 Å². The van der Waals surface area contributed by atoms with Gasteiger partial charge in [-0.15, -0.1) is 0 Å². The Balaban J connectivity index is 1.91. The van der Waals surface area contributed by atoms with Crippen LogP contribution in [-0.4, -0.2) is 49.3 Å². The highest BCUT2D eigenvalue weighted by molar-refractivity contribution is 5.77. The summed E-state index contributed by atoms with van der Waals surface area (Å²) in [6, 6.07) is 11.8. The van der Waals surface area contributed by atoms with E-state index in [2.05, 4.69) is 11.0 Å². The number of anilines is 1. The van der Waals surface area contributed by atoms with Gasteiger partial charge in [0, 0.05) is 38.5 Å². The highest BCUT2D eigenvalue weighted by Gasteiger charge is 2.28. The summed E-state index contributed by atoms with van der Waals surface area (Å²) in [5.74, 6) is -0.817. The summed E-state index contributed by atoms with van der Waals surface area (Å²) in [7, 11) is 4.01. The average Bonchev–Trinajstić information content (AvgIpc) is 3.10. The molecule has 1 atom stereocenters. The number of halogens is 1. The van der Waals surface area contributed by atoms with Gasteiger partial charge >= 0.3 is 5.97 Å². The van der Waals surface area contributed by atoms with Gasteiger partial charge in [-0.3, -0.25) is 0 Å². The first kappa shape index (κ1) is 20.1. The molecule has 2 heterocycles. The van der Waals surface area contributed by atoms with E-state index in [0.29, 0.717) is 12.4 Å². The monoisotopic (exact) mass is 387 g/mol. The number of pyridine rings is 1. The SMILES string of the molecule is CCOC(C)(OCCF)Oc1ccc2nc(-c3ccccc3N(C)C)cn2c1. The number of fused-ring (bicyclic) bond motifs is 1. The number of benzene rings is 1. The lowest BCUT2D eigenvalue weighted by molar-refractivity contribution is -0.331. The summed E-state index contributed by atoms with van der Waals surface area (Å²) < 4.78 is 31.2. The molecule has 0 amide bonds. The summed E-state index contributed by atoms with van der Waals surface area (Å²) in [4.78, 5) is 6.78. The molecule has 3 aromatic rings. The summed E-state index contributed by atoms with van der Waals surface area (Å²) in [6.07, 6.45) is 3.76. The van der Waals surface area contributed by atoms with E-state index in [0.717, 1.165) is 22.6 Å². The highest BCUT2D eigenvalue weighted by atomic mass is 19.1. The Labute approximate surface area is 164 Å². The van der Waals surface area contributed by atoms with Crippen LogP contribution in [0.25, 0.3) is 16.9 Å². The Kier molecular flexibility index (Phi) is 6.16. The van der Waals surface area contributed by atoms with E-state index in [1.165, 1.54) is 0 Å². The summed E-state index contributed by atoms with van der Waals surface area (Å²) in [5, 5.41) is 0. The molecule has 6 nitrogen and oxygen atoms in total. The van der Waals surface area contributed by atoms with Crippen LogP contribution in [0, 0.1) is 0 Å². The number of hydrogen-bond donors (Lipinski definition) is 0. The van der Waals surface area contributed by atoms with Crippen LogP contribution in [-0.2, 0) is 9.47 Å². The van der Waals surface area contributed by atoms with E-state index in [-0.39, 0.29) is 6.61 Å². The van der Waals surface area contributed by atoms with Gasteiger partial charge in [0.1, 0.15) is 18.1 Å². The van der Waals surface area contributed by atoms with E-state index in [9.17, 15) is 4.39 Å². The molecule has 0 saturated heterocycles. The second-order valence-electron chi connectivity index (χ2n) is 6.60. The number of aromatic nitrogens is 2. The molecule has 150 valence electrons. The third-order valence-corrected chi connectivity index (χ3v) is 4.24. The average molecular weight is 387 g/mol. The molecule has 0 aliphatic carbocycles. The van der Waals surface area contributed by atoms with Crippen molar-refractivity contribution in [2.75, 3.05) is 38.9 Å². The van der Waals surface area contributed by atoms with Gasteiger partial charge in [0.15, 0.2) is 0 Å². The number of imidazole rings is 1. The zero-order chi connectivity index (χ0) is 20.1. The molecule has 0 saturated carbocycles. The molecule has 0 fully saturated rings. The molecule has 7 heteroatoms. The third kappa shape index (κ3) is 4.43. The van der Waals surface area contributed by atoms with Crippen molar-refractivity contribution in [1.29, 1.82) is 0 Å². The van der Waals surface area contributed by atoms with Crippen molar-refractivity contribution < 1.29 is 18.6 Å². The van der Waals surface area contributed by atoms with Crippen molar-refractivity contribution in [3.8, 4) is 17.0 Å². The Morgan fingerprint density at radius 1 is 1.11 bits per heavy atom. The molecule has 0 N–H and O–H groups in total. The molecule has 0 bridgehead atoms. The van der Waals surface area contributed by atoms with Crippen LogP contribution in [0.1, 0.15) is 13.8 Å². The first-order valence-corrected chi connectivity index (χ1v) is 9.24.